The summed E-state index contributed by atoms with van der Waals surface area (Å²) in [5.41, 5.74) is 0. The van der Waals surface area contributed by atoms with Crippen molar-refractivity contribution in [3.8, 4) is 0 Å². The SMILES string of the molecule is CC(C)C(OC(C(=O)O)C(C)C)C(=O)O. The molecule has 2 atom stereocenters. The van der Waals surface area contributed by atoms with Crippen LogP contribution in [0.25, 0.3) is 0 Å². The van der Waals surface area contributed by atoms with Gasteiger partial charge < -0.3 is 14.9 Å². The molecule has 0 fully saturated rings. The van der Waals surface area contributed by atoms with Crippen molar-refractivity contribution in [2.24, 2.45) is 11.8 Å². The minimum Gasteiger partial charge on any atom is -0.479 e. The van der Waals surface area contributed by atoms with Crippen LogP contribution in [0.4, 0.5) is 0 Å². The highest BCUT2D eigenvalue weighted by Crippen LogP contribution is 2.15. The van der Waals surface area contributed by atoms with Gasteiger partial charge >= 0.3 is 11.9 Å². The fourth-order valence-electron chi connectivity index (χ4n) is 1.16. The first-order valence-electron chi connectivity index (χ1n) is 4.88. The molecule has 0 spiro atoms. The molecule has 2 N–H and O–H groups in total. The van der Waals surface area contributed by atoms with Crippen LogP contribution in [0.5, 0.6) is 0 Å². The van der Waals surface area contributed by atoms with Gasteiger partial charge in [-0.05, 0) is 11.8 Å². The van der Waals surface area contributed by atoms with Gasteiger partial charge in [-0.3, -0.25) is 0 Å². The minimum atomic E-state index is -1.13. The van der Waals surface area contributed by atoms with E-state index in [-0.39, 0.29) is 11.8 Å². The molecule has 0 aromatic heterocycles. The summed E-state index contributed by atoms with van der Waals surface area (Å²) in [6, 6.07) is 0. The Morgan fingerprint density at radius 1 is 0.867 bits per heavy atom. The van der Waals surface area contributed by atoms with Gasteiger partial charge in [0.2, 0.25) is 0 Å². The number of carboxylic acid groups (broad SMARTS) is 2. The summed E-state index contributed by atoms with van der Waals surface area (Å²) in [5.74, 6) is -2.78. The van der Waals surface area contributed by atoms with Crippen molar-refractivity contribution in [2.75, 3.05) is 0 Å². The molecule has 0 aromatic rings. The lowest BCUT2D eigenvalue weighted by atomic mass is 10.0. The van der Waals surface area contributed by atoms with Gasteiger partial charge in [0, 0.05) is 0 Å². The maximum absolute atomic E-state index is 10.8. The van der Waals surface area contributed by atoms with Crippen LogP contribution in [0.1, 0.15) is 27.7 Å². The summed E-state index contributed by atoms with van der Waals surface area (Å²) in [5, 5.41) is 17.7. The van der Waals surface area contributed by atoms with Gasteiger partial charge in [0.15, 0.2) is 12.2 Å². The fraction of sp³-hybridized carbons (Fsp3) is 0.800. The van der Waals surface area contributed by atoms with E-state index in [1.54, 1.807) is 27.7 Å². The third-order valence-electron chi connectivity index (χ3n) is 1.99. The Morgan fingerprint density at radius 3 is 1.27 bits per heavy atom. The second-order valence-electron chi connectivity index (χ2n) is 4.14. The van der Waals surface area contributed by atoms with Gasteiger partial charge in [-0.25, -0.2) is 9.59 Å². The third-order valence-corrected chi connectivity index (χ3v) is 1.99. The summed E-state index contributed by atoms with van der Waals surface area (Å²) >= 11 is 0. The van der Waals surface area contributed by atoms with Crippen LogP contribution in [0.2, 0.25) is 0 Å². The molecule has 5 heteroatoms. The Labute approximate surface area is 89.0 Å². The molecule has 0 aliphatic rings. The quantitative estimate of drug-likeness (QED) is 0.700. The van der Waals surface area contributed by atoms with Crippen LogP contribution >= 0.6 is 0 Å². The van der Waals surface area contributed by atoms with Gasteiger partial charge in [-0.1, -0.05) is 27.7 Å². The molecular formula is C10H18O5. The third kappa shape index (κ3) is 4.29. The van der Waals surface area contributed by atoms with Crippen LogP contribution < -0.4 is 0 Å². The smallest absolute Gasteiger partial charge is 0.333 e. The maximum atomic E-state index is 10.8. The van der Waals surface area contributed by atoms with E-state index in [0.717, 1.165) is 0 Å². The van der Waals surface area contributed by atoms with Crippen molar-refractivity contribution >= 4 is 11.9 Å². The number of hydrogen-bond acceptors (Lipinski definition) is 3. The van der Waals surface area contributed by atoms with Crippen LogP contribution in [0.3, 0.4) is 0 Å². The monoisotopic (exact) mass is 218 g/mol. The van der Waals surface area contributed by atoms with Crippen molar-refractivity contribution in [3.63, 3.8) is 0 Å². The summed E-state index contributed by atoms with van der Waals surface area (Å²) in [6.45, 7) is 6.71. The molecule has 0 bridgehead atoms. The van der Waals surface area contributed by atoms with E-state index in [9.17, 15) is 9.59 Å². The van der Waals surface area contributed by atoms with Gasteiger partial charge in [-0.15, -0.1) is 0 Å². The number of aliphatic carboxylic acids is 2. The van der Waals surface area contributed by atoms with E-state index < -0.39 is 24.1 Å². The zero-order valence-corrected chi connectivity index (χ0v) is 9.43. The molecule has 0 amide bonds. The van der Waals surface area contributed by atoms with Crippen molar-refractivity contribution in [1.82, 2.24) is 0 Å². The Balaban J connectivity index is 4.62. The topological polar surface area (TPSA) is 83.8 Å². The van der Waals surface area contributed by atoms with Crippen LogP contribution in [-0.4, -0.2) is 34.4 Å². The van der Waals surface area contributed by atoms with Crippen LogP contribution in [-0.2, 0) is 14.3 Å². The molecular weight excluding hydrogens is 200 g/mol. The molecule has 15 heavy (non-hydrogen) atoms. The Bertz CT molecular complexity index is 210. The normalized spacial score (nSPS) is 15.3. The lowest BCUT2D eigenvalue weighted by Crippen LogP contribution is -2.39. The van der Waals surface area contributed by atoms with E-state index in [2.05, 4.69) is 0 Å². The van der Waals surface area contributed by atoms with Crippen LogP contribution in [0.15, 0.2) is 0 Å². The molecule has 0 heterocycles. The molecule has 2 unspecified atom stereocenters. The number of hydrogen-bond donors (Lipinski definition) is 2. The predicted octanol–water partition coefficient (Wildman–Crippen LogP) is 1.22. The lowest BCUT2D eigenvalue weighted by Gasteiger charge is -2.24. The predicted molar refractivity (Wildman–Crippen MR) is 53.6 cm³/mol. The standard InChI is InChI=1S/C10H18O5/c1-5(2)7(9(11)12)15-8(6(3)4)10(13)14/h5-8H,1-4H3,(H,11,12)(H,13,14). The second-order valence-corrected chi connectivity index (χ2v) is 4.14. The number of carboxylic acids is 2. The van der Waals surface area contributed by atoms with E-state index in [1.807, 2.05) is 0 Å². The summed E-state index contributed by atoms with van der Waals surface area (Å²) in [7, 11) is 0. The molecule has 0 saturated carbocycles. The van der Waals surface area contributed by atoms with E-state index in [4.69, 9.17) is 14.9 Å². The van der Waals surface area contributed by atoms with Gasteiger partial charge in [-0.2, -0.15) is 0 Å². The lowest BCUT2D eigenvalue weighted by molar-refractivity contribution is -0.172. The second kappa shape index (κ2) is 5.70. The zero-order chi connectivity index (χ0) is 12.2. The largest absolute Gasteiger partial charge is 0.479 e. The Morgan fingerprint density at radius 2 is 1.13 bits per heavy atom. The highest BCUT2D eigenvalue weighted by molar-refractivity contribution is 5.75. The van der Waals surface area contributed by atoms with Crippen molar-refractivity contribution in [1.29, 1.82) is 0 Å². The Kier molecular flexibility index (Phi) is 5.28. The number of ether oxygens (including phenoxy) is 1. The first-order valence-corrected chi connectivity index (χ1v) is 4.88. The molecule has 0 radical (unpaired) electrons. The van der Waals surface area contributed by atoms with Crippen LogP contribution in [0, 0.1) is 11.8 Å². The first-order chi connectivity index (χ1) is 6.77. The Hall–Kier alpha value is -1.10. The molecule has 88 valence electrons. The molecule has 0 aliphatic heterocycles. The van der Waals surface area contributed by atoms with Gasteiger partial charge in [0.1, 0.15) is 0 Å². The van der Waals surface area contributed by atoms with Gasteiger partial charge in [0.05, 0.1) is 0 Å². The van der Waals surface area contributed by atoms with E-state index in [1.165, 1.54) is 0 Å². The average Bonchev–Trinajstić information content (AvgIpc) is 2.01. The summed E-state index contributed by atoms with van der Waals surface area (Å²) in [6.07, 6.45) is -2.15. The van der Waals surface area contributed by atoms with E-state index in [0.29, 0.717) is 0 Å². The summed E-state index contributed by atoms with van der Waals surface area (Å²) < 4.78 is 5.10. The maximum Gasteiger partial charge on any atom is 0.333 e. The fourth-order valence-corrected chi connectivity index (χ4v) is 1.16. The van der Waals surface area contributed by atoms with Crippen molar-refractivity contribution in [3.05, 3.63) is 0 Å². The molecule has 0 rings (SSSR count). The molecule has 0 saturated heterocycles. The number of carbonyl (C=O) groups is 2. The highest BCUT2D eigenvalue weighted by Gasteiger charge is 2.31. The van der Waals surface area contributed by atoms with E-state index >= 15 is 0 Å². The molecule has 0 aliphatic carbocycles. The summed E-state index contributed by atoms with van der Waals surface area (Å²) in [4.78, 5) is 21.6. The molecule has 5 nitrogen and oxygen atoms in total. The molecule has 0 aromatic carbocycles. The average molecular weight is 218 g/mol. The first kappa shape index (κ1) is 13.9. The zero-order valence-electron chi connectivity index (χ0n) is 9.43. The highest BCUT2D eigenvalue weighted by atomic mass is 16.5. The number of rotatable bonds is 6. The van der Waals surface area contributed by atoms with Crippen molar-refractivity contribution < 1.29 is 24.5 Å². The van der Waals surface area contributed by atoms with Gasteiger partial charge in [0.25, 0.3) is 0 Å². The van der Waals surface area contributed by atoms with Crippen molar-refractivity contribution in [2.45, 2.75) is 39.9 Å². The minimum absolute atomic E-state index is 0.261.